The summed E-state index contributed by atoms with van der Waals surface area (Å²) in [7, 11) is 1.80. The van der Waals surface area contributed by atoms with E-state index in [-0.39, 0.29) is 5.91 Å². The SMILES string of the molecule is CCSc1cccc(NC(=O)c2c(C)nn(C)c2-n2cccn2)c1. The molecule has 0 saturated carbocycles. The van der Waals surface area contributed by atoms with Crippen molar-refractivity contribution in [3.8, 4) is 5.82 Å². The van der Waals surface area contributed by atoms with E-state index >= 15 is 0 Å². The van der Waals surface area contributed by atoms with Crippen LogP contribution < -0.4 is 5.32 Å². The van der Waals surface area contributed by atoms with Gasteiger partial charge in [-0.1, -0.05) is 13.0 Å². The first-order valence-electron chi connectivity index (χ1n) is 7.68. The second-order valence-electron chi connectivity index (χ2n) is 5.27. The van der Waals surface area contributed by atoms with Crippen LogP contribution in [0.25, 0.3) is 5.82 Å². The predicted molar refractivity (Wildman–Crippen MR) is 95.9 cm³/mol. The highest BCUT2D eigenvalue weighted by Gasteiger charge is 2.22. The fourth-order valence-corrected chi connectivity index (χ4v) is 3.31. The molecule has 1 N–H and O–H groups in total. The zero-order valence-corrected chi connectivity index (χ0v) is 14.7. The average Bonchev–Trinajstić information content (AvgIpc) is 3.15. The molecular weight excluding hydrogens is 322 g/mol. The van der Waals surface area contributed by atoms with E-state index in [9.17, 15) is 4.79 Å². The Bertz CT molecular complexity index is 854. The van der Waals surface area contributed by atoms with Gasteiger partial charge in [0.2, 0.25) is 0 Å². The van der Waals surface area contributed by atoms with E-state index in [0.717, 1.165) is 16.3 Å². The molecule has 124 valence electrons. The molecule has 0 radical (unpaired) electrons. The molecule has 0 saturated heterocycles. The summed E-state index contributed by atoms with van der Waals surface area (Å²) in [6.45, 7) is 3.93. The molecule has 24 heavy (non-hydrogen) atoms. The number of nitrogens with zero attached hydrogens (tertiary/aromatic N) is 4. The molecule has 7 heteroatoms. The van der Waals surface area contributed by atoms with E-state index in [1.165, 1.54) is 0 Å². The van der Waals surface area contributed by atoms with Crippen molar-refractivity contribution in [2.75, 3.05) is 11.1 Å². The number of hydrogen-bond donors (Lipinski definition) is 1. The maximum Gasteiger partial charge on any atom is 0.261 e. The highest BCUT2D eigenvalue weighted by atomic mass is 32.2. The van der Waals surface area contributed by atoms with Gasteiger partial charge in [-0.25, -0.2) is 9.36 Å². The number of benzene rings is 1. The topological polar surface area (TPSA) is 64.7 Å². The monoisotopic (exact) mass is 341 g/mol. The summed E-state index contributed by atoms with van der Waals surface area (Å²) in [6.07, 6.45) is 3.47. The van der Waals surface area contributed by atoms with Gasteiger partial charge >= 0.3 is 0 Å². The summed E-state index contributed by atoms with van der Waals surface area (Å²) in [5.41, 5.74) is 1.96. The Labute approximate surface area is 144 Å². The van der Waals surface area contributed by atoms with Crippen molar-refractivity contribution in [3.05, 3.63) is 54.0 Å². The standard InChI is InChI=1S/C17H19N5OS/c1-4-24-14-8-5-7-13(11-14)19-16(23)15-12(2)20-21(3)17(15)22-10-6-9-18-22/h5-11H,4H2,1-3H3,(H,19,23). The van der Waals surface area contributed by atoms with Crippen LogP contribution in [-0.2, 0) is 7.05 Å². The number of thioether (sulfide) groups is 1. The van der Waals surface area contributed by atoms with Gasteiger partial charge in [0, 0.05) is 30.0 Å². The van der Waals surface area contributed by atoms with Crippen molar-refractivity contribution in [2.45, 2.75) is 18.7 Å². The van der Waals surface area contributed by atoms with E-state index in [1.807, 2.05) is 37.3 Å². The zero-order valence-electron chi connectivity index (χ0n) is 13.9. The highest BCUT2D eigenvalue weighted by molar-refractivity contribution is 7.99. The van der Waals surface area contributed by atoms with Gasteiger partial charge in [0.1, 0.15) is 5.56 Å². The van der Waals surface area contributed by atoms with Gasteiger partial charge in [-0.05, 0) is 36.9 Å². The predicted octanol–water partition coefficient (Wildman–Crippen LogP) is 3.28. The third-order valence-electron chi connectivity index (χ3n) is 3.54. The van der Waals surface area contributed by atoms with E-state index in [0.29, 0.717) is 17.1 Å². The number of aryl methyl sites for hydroxylation is 2. The summed E-state index contributed by atoms with van der Waals surface area (Å²) in [6, 6.07) is 9.66. The van der Waals surface area contributed by atoms with Gasteiger partial charge in [0.25, 0.3) is 5.91 Å². The number of carbonyl (C=O) groups excluding carboxylic acids is 1. The van der Waals surface area contributed by atoms with Gasteiger partial charge in [-0.15, -0.1) is 11.8 Å². The maximum absolute atomic E-state index is 12.8. The number of hydrogen-bond acceptors (Lipinski definition) is 4. The third-order valence-corrected chi connectivity index (χ3v) is 4.42. The van der Waals surface area contributed by atoms with Gasteiger partial charge < -0.3 is 5.32 Å². The Morgan fingerprint density at radius 1 is 1.33 bits per heavy atom. The molecular formula is C17H19N5OS. The number of carbonyl (C=O) groups is 1. The minimum absolute atomic E-state index is 0.190. The molecule has 3 aromatic rings. The molecule has 2 heterocycles. The third kappa shape index (κ3) is 3.21. The van der Waals surface area contributed by atoms with Crippen molar-refractivity contribution < 1.29 is 4.79 Å². The maximum atomic E-state index is 12.8. The van der Waals surface area contributed by atoms with Crippen LogP contribution in [0.2, 0.25) is 0 Å². The lowest BCUT2D eigenvalue weighted by atomic mass is 10.2. The lowest BCUT2D eigenvalue weighted by Crippen LogP contribution is -2.16. The lowest BCUT2D eigenvalue weighted by Gasteiger charge is -2.09. The zero-order chi connectivity index (χ0) is 17.1. The summed E-state index contributed by atoms with van der Waals surface area (Å²) >= 11 is 1.74. The molecule has 1 amide bonds. The minimum Gasteiger partial charge on any atom is -0.322 e. The minimum atomic E-state index is -0.190. The summed E-state index contributed by atoms with van der Waals surface area (Å²) in [5.74, 6) is 1.45. The van der Waals surface area contributed by atoms with E-state index in [4.69, 9.17) is 0 Å². The van der Waals surface area contributed by atoms with Gasteiger partial charge in [-0.2, -0.15) is 10.2 Å². The first-order valence-corrected chi connectivity index (χ1v) is 8.66. The van der Waals surface area contributed by atoms with Crippen LogP contribution in [0.5, 0.6) is 0 Å². The second kappa shape index (κ2) is 6.92. The van der Waals surface area contributed by atoms with Crippen molar-refractivity contribution in [2.24, 2.45) is 7.05 Å². The molecule has 0 spiro atoms. The number of aromatic nitrogens is 4. The first kappa shape index (κ1) is 16.3. The Hall–Kier alpha value is -2.54. The molecule has 0 aliphatic carbocycles. The summed E-state index contributed by atoms with van der Waals surface area (Å²) < 4.78 is 3.32. The molecule has 0 fully saturated rings. The Kier molecular flexibility index (Phi) is 4.71. The average molecular weight is 341 g/mol. The molecule has 2 aromatic heterocycles. The number of amides is 1. The fraction of sp³-hybridized carbons (Fsp3) is 0.235. The Morgan fingerprint density at radius 2 is 2.17 bits per heavy atom. The van der Waals surface area contributed by atoms with Crippen LogP contribution in [0.15, 0.2) is 47.6 Å². The van der Waals surface area contributed by atoms with E-state index in [2.05, 4.69) is 22.4 Å². The molecule has 0 atom stereocenters. The quantitative estimate of drug-likeness (QED) is 0.723. The summed E-state index contributed by atoms with van der Waals surface area (Å²) in [4.78, 5) is 14.0. The molecule has 1 aromatic carbocycles. The van der Waals surface area contributed by atoms with Crippen molar-refractivity contribution in [1.82, 2.24) is 19.6 Å². The van der Waals surface area contributed by atoms with Crippen LogP contribution in [-0.4, -0.2) is 31.2 Å². The van der Waals surface area contributed by atoms with Gasteiger partial charge in [0.15, 0.2) is 5.82 Å². The molecule has 0 unspecified atom stereocenters. The normalized spacial score (nSPS) is 10.8. The van der Waals surface area contributed by atoms with Gasteiger partial charge in [-0.3, -0.25) is 4.79 Å². The fourth-order valence-electron chi connectivity index (χ4n) is 2.59. The molecule has 0 aliphatic heterocycles. The summed E-state index contributed by atoms with van der Waals surface area (Å²) in [5, 5.41) is 11.6. The molecule has 3 rings (SSSR count). The first-order chi connectivity index (χ1) is 11.6. The second-order valence-corrected chi connectivity index (χ2v) is 6.61. The smallest absolute Gasteiger partial charge is 0.261 e. The van der Waals surface area contributed by atoms with Crippen molar-refractivity contribution in [3.63, 3.8) is 0 Å². The largest absolute Gasteiger partial charge is 0.322 e. The van der Waals surface area contributed by atoms with Crippen LogP contribution in [0, 0.1) is 6.92 Å². The van der Waals surface area contributed by atoms with Crippen LogP contribution in [0.3, 0.4) is 0 Å². The lowest BCUT2D eigenvalue weighted by molar-refractivity contribution is 0.102. The van der Waals surface area contributed by atoms with Crippen LogP contribution >= 0.6 is 11.8 Å². The molecule has 6 nitrogen and oxygen atoms in total. The van der Waals surface area contributed by atoms with Crippen molar-refractivity contribution >= 4 is 23.4 Å². The highest BCUT2D eigenvalue weighted by Crippen LogP contribution is 2.23. The van der Waals surface area contributed by atoms with Crippen LogP contribution in [0.1, 0.15) is 23.0 Å². The molecule has 0 aliphatic rings. The number of anilines is 1. The van der Waals surface area contributed by atoms with Crippen molar-refractivity contribution in [1.29, 1.82) is 0 Å². The number of rotatable bonds is 5. The van der Waals surface area contributed by atoms with E-state index < -0.39 is 0 Å². The van der Waals surface area contributed by atoms with Crippen LogP contribution in [0.4, 0.5) is 5.69 Å². The van der Waals surface area contributed by atoms with E-state index in [1.54, 1.807) is 40.6 Å². The Morgan fingerprint density at radius 3 is 2.88 bits per heavy atom. The van der Waals surface area contributed by atoms with Gasteiger partial charge in [0.05, 0.1) is 5.69 Å². The molecule has 0 bridgehead atoms. The number of nitrogens with one attached hydrogen (secondary N) is 1. The Balaban J connectivity index is 1.92.